The Hall–Kier alpha value is -2.11. The highest BCUT2D eigenvalue weighted by atomic mass is 19.1. The second-order valence-corrected chi connectivity index (χ2v) is 6.22. The van der Waals surface area contributed by atoms with Crippen molar-refractivity contribution in [1.82, 2.24) is 10.2 Å². The number of hydrogen-bond acceptors (Lipinski definition) is 3. The van der Waals surface area contributed by atoms with Crippen LogP contribution in [0.4, 0.5) is 9.18 Å². The molecule has 3 amide bonds. The maximum atomic E-state index is 13.7. The van der Waals surface area contributed by atoms with Gasteiger partial charge in [0.2, 0.25) is 0 Å². The molecule has 1 N–H and O–H groups in total. The van der Waals surface area contributed by atoms with E-state index in [9.17, 15) is 14.0 Å². The molecule has 1 aromatic rings. The number of nitrogens with zero attached hydrogens (tertiary/aromatic N) is 1. The molecule has 0 bridgehead atoms. The molecular weight excluding hydrogens is 287 g/mol. The molecule has 1 aromatic carbocycles. The number of carbonyl (C=O) groups is 2. The van der Waals surface area contributed by atoms with Crippen molar-refractivity contribution in [2.24, 2.45) is 5.92 Å². The molecule has 1 heterocycles. The molecule has 1 aliphatic heterocycles. The maximum absolute atomic E-state index is 13.7. The number of hydrogen-bond donors (Lipinski definition) is 1. The normalized spacial score (nSPS) is 21.5. The molecule has 1 atom stereocenters. The number of urea groups is 1. The SMILES string of the molecule is COc1ccc(CN2C(=O)NC(C)(CC(C)C)C2=O)cc1F. The summed E-state index contributed by atoms with van der Waals surface area (Å²) in [6, 6.07) is 3.96. The smallest absolute Gasteiger partial charge is 0.325 e. The number of ether oxygens (including phenoxy) is 1. The van der Waals surface area contributed by atoms with Crippen LogP contribution in [0.3, 0.4) is 0 Å². The van der Waals surface area contributed by atoms with Crippen LogP contribution in [0.15, 0.2) is 18.2 Å². The van der Waals surface area contributed by atoms with Crippen molar-refractivity contribution < 1.29 is 18.7 Å². The van der Waals surface area contributed by atoms with Gasteiger partial charge in [-0.2, -0.15) is 0 Å². The van der Waals surface area contributed by atoms with Gasteiger partial charge in [0.25, 0.3) is 5.91 Å². The minimum absolute atomic E-state index is 0.0409. The third kappa shape index (κ3) is 3.05. The fourth-order valence-electron chi connectivity index (χ4n) is 2.84. The van der Waals surface area contributed by atoms with Gasteiger partial charge in [0.15, 0.2) is 11.6 Å². The fraction of sp³-hybridized carbons (Fsp3) is 0.500. The van der Waals surface area contributed by atoms with Crippen LogP contribution in [0, 0.1) is 11.7 Å². The molecular formula is C16H21FN2O3. The van der Waals surface area contributed by atoms with Crippen LogP contribution in [-0.2, 0) is 11.3 Å². The predicted octanol–water partition coefficient (Wildman–Crippen LogP) is 2.69. The van der Waals surface area contributed by atoms with Crippen LogP contribution in [0.25, 0.3) is 0 Å². The summed E-state index contributed by atoms with van der Waals surface area (Å²) in [5, 5.41) is 2.74. The molecule has 0 aliphatic carbocycles. The molecule has 1 unspecified atom stereocenters. The van der Waals surface area contributed by atoms with Crippen molar-refractivity contribution in [2.75, 3.05) is 7.11 Å². The largest absolute Gasteiger partial charge is 0.494 e. The van der Waals surface area contributed by atoms with Crippen molar-refractivity contribution in [3.8, 4) is 5.75 Å². The zero-order valence-electron chi connectivity index (χ0n) is 13.3. The van der Waals surface area contributed by atoms with E-state index in [1.54, 1.807) is 13.0 Å². The molecule has 0 saturated carbocycles. The van der Waals surface area contributed by atoms with Gasteiger partial charge in [-0.05, 0) is 37.0 Å². The van der Waals surface area contributed by atoms with Gasteiger partial charge in [0, 0.05) is 0 Å². The molecule has 0 radical (unpaired) electrons. The topological polar surface area (TPSA) is 58.6 Å². The summed E-state index contributed by atoms with van der Waals surface area (Å²) in [7, 11) is 1.38. The van der Waals surface area contributed by atoms with Crippen LogP contribution < -0.4 is 10.1 Å². The molecule has 22 heavy (non-hydrogen) atoms. The Morgan fingerprint density at radius 1 is 1.36 bits per heavy atom. The van der Waals surface area contributed by atoms with Gasteiger partial charge in [-0.25, -0.2) is 9.18 Å². The molecule has 6 heteroatoms. The molecule has 0 spiro atoms. The molecule has 0 aromatic heterocycles. The Labute approximate surface area is 129 Å². The molecule has 1 fully saturated rings. The van der Waals surface area contributed by atoms with Gasteiger partial charge in [-0.3, -0.25) is 9.69 Å². The first-order valence-electron chi connectivity index (χ1n) is 7.23. The Morgan fingerprint density at radius 3 is 2.59 bits per heavy atom. The first-order chi connectivity index (χ1) is 10.3. The number of carbonyl (C=O) groups excluding carboxylic acids is 2. The number of halogens is 1. The maximum Gasteiger partial charge on any atom is 0.325 e. The van der Waals surface area contributed by atoms with Crippen molar-refractivity contribution in [1.29, 1.82) is 0 Å². The van der Waals surface area contributed by atoms with Crippen molar-refractivity contribution in [2.45, 2.75) is 39.3 Å². The highest BCUT2D eigenvalue weighted by Crippen LogP contribution is 2.27. The summed E-state index contributed by atoms with van der Waals surface area (Å²) in [6.07, 6.45) is 0.561. The number of rotatable bonds is 5. The minimum Gasteiger partial charge on any atom is -0.494 e. The average molecular weight is 308 g/mol. The van der Waals surface area contributed by atoms with Gasteiger partial charge < -0.3 is 10.1 Å². The van der Waals surface area contributed by atoms with E-state index in [4.69, 9.17) is 4.74 Å². The lowest BCUT2D eigenvalue weighted by Gasteiger charge is -2.23. The summed E-state index contributed by atoms with van der Waals surface area (Å²) in [6.45, 7) is 5.75. The first kappa shape index (κ1) is 16.3. The lowest BCUT2D eigenvalue weighted by atomic mass is 9.91. The minimum atomic E-state index is -0.893. The van der Waals surface area contributed by atoms with Crippen LogP contribution in [-0.4, -0.2) is 29.5 Å². The van der Waals surface area contributed by atoms with Gasteiger partial charge in [0.1, 0.15) is 5.54 Å². The highest BCUT2D eigenvalue weighted by molar-refractivity contribution is 6.06. The number of imide groups is 1. The molecule has 2 rings (SSSR count). The van der Waals surface area contributed by atoms with E-state index in [0.29, 0.717) is 12.0 Å². The van der Waals surface area contributed by atoms with Crippen LogP contribution in [0.5, 0.6) is 5.75 Å². The number of benzene rings is 1. The van der Waals surface area contributed by atoms with Gasteiger partial charge in [-0.1, -0.05) is 19.9 Å². The van der Waals surface area contributed by atoms with E-state index in [1.807, 2.05) is 13.8 Å². The molecule has 1 aliphatic rings. The van der Waals surface area contributed by atoms with Crippen molar-refractivity contribution >= 4 is 11.9 Å². The monoisotopic (exact) mass is 308 g/mol. The second kappa shape index (κ2) is 5.94. The third-order valence-electron chi connectivity index (χ3n) is 3.72. The Morgan fingerprint density at radius 2 is 2.05 bits per heavy atom. The van der Waals surface area contributed by atoms with E-state index in [0.717, 1.165) is 4.90 Å². The Kier molecular flexibility index (Phi) is 4.39. The summed E-state index contributed by atoms with van der Waals surface area (Å²) < 4.78 is 18.6. The van der Waals surface area contributed by atoms with Crippen LogP contribution in [0.2, 0.25) is 0 Å². The Bertz CT molecular complexity index is 603. The van der Waals surface area contributed by atoms with E-state index >= 15 is 0 Å². The summed E-state index contributed by atoms with van der Waals surface area (Å²) in [5.74, 6) is -0.391. The molecule has 5 nitrogen and oxygen atoms in total. The van der Waals surface area contributed by atoms with E-state index in [-0.39, 0.29) is 24.1 Å². The first-order valence-corrected chi connectivity index (χ1v) is 7.23. The van der Waals surface area contributed by atoms with Crippen molar-refractivity contribution in [3.05, 3.63) is 29.6 Å². The summed E-state index contributed by atoms with van der Waals surface area (Å²) >= 11 is 0. The predicted molar refractivity (Wildman–Crippen MR) is 79.9 cm³/mol. The lowest BCUT2D eigenvalue weighted by Crippen LogP contribution is -2.44. The average Bonchev–Trinajstić information content (AvgIpc) is 2.61. The summed E-state index contributed by atoms with van der Waals surface area (Å²) in [4.78, 5) is 25.7. The summed E-state index contributed by atoms with van der Waals surface area (Å²) in [5.41, 5.74) is -0.355. The number of methoxy groups -OCH3 is 1. The Balaban J connectivity index is 2.18. The van der Waals surface area contributed by atoms with Gasteiger partial charge in [-0.15, -0.1) is 0 Å². The number of amides is 3. The fourth-order valence-corrected chi connectivity index (χ4v) is 2.84. The lowest BCUT2D eigenvalue weighted by molar-refractivity contribution is -0.131. The second-order valence-electron chi connectivity index (χ2n) is 6.22. The zero-order chi connectivity index (χ0) is 16.5. The van der Waals surface area contributed by atoms with Gasteiger partial charge in [0.05, 0.1) is 13.7 Å². The van der Waals surface area contributed by atoms with E-state index in [2.05, 4.69) is 5.32 Å². The van der Waals surface area contributed by atoms with Crippen LogP contribution >= 0.6 is 0 Å². The van der Waals surface area contributed by atoms with Crippen molar-refractivity contribution in [3.63, 3.8) is 0 Å². The third-order valence-corrected chi connectivity index (χ3v) is 3.72. The van der Waals surface area contributed by atoms with Crippen LogP contribution in [0.1, 0.15) is 32.8 Å². The molecule has 120 valence electrons. The van der Waals surface area contributed by atoms with E-state index in [1.165, 1.54) is 19.2 Å². The van der Waals surface area contributed by atoms with Gasteiger partial charge >= 0.3 is 6.03 Å². The number of nitrogens with one attached hydrogen (secondary N) is 1. The quantitative estimate of drug-likeness (QED) is 0.851. The highest BCUT2D eigenvalue weighted by Gasteiger charge is 2.47. The zero-order valence-corrected chi connectivity index (χ0v) is 13.3. The standard InChI is InChI=1S/C16H21FN2O3/c1-10(2)8-16(3)14(20)19(15(21)18-16)9-11-5-6-13(22-4)12(17)7-11/h5-7,10H,8-9H2,1-4H3,(H,18,21). The van der Waals surface area contributed by atoms with E-state index < -0.39 is 17.4 Å². The molecule has 1 saturated heterocycles.